The Labute approximate surface area is 96.7 Å². The molecule has 3 unspecified atom stereocenters. The second kappa shape index (κ2) is 4.69. The van der Waals surface area contributed by atoms with Gasteiger partial charge in [-0.25, -0.2) is 4.79 Å². The third kappa shape index (κ3) is 2.93. The van der Waals surface area contributed by atoms with Gasteiger partial charge in [-0.3, -0.25) is 4.90 Å². The summed E-state index contributed by atoms with van der Waals surface area (Å²) in [6.45, 7) is 5.35. The number of aliphatic carboxylic acids is 1. The predicted molar refractivity (Wildman–Crippen MR) is 61.3 cm³/mol. The van der Waals surface area contributed by atoms with Crippen molar-refractivity contribution in [2.45, 2.75) is 25.5 Å². The minimum absolute atomic E-state index is 0.191. The van der Waals surface area contributed by atoms with E-state index in [2.05, 4.69) is 11.8 Å². The van der Waals surface area contributed by atoms with Gasteiger partial charge >= 0.3 is 5.97 Å². The number of carboxylic acids is 1. The Morgan fingerprint density at radius 3 is 2.44 bits per heavy atom. The number of rotatable bonds is 4. The minimum Gasteiger partial charge on any atom is -0.479 e. The highest BCUT2D eigenvalue weighted by Gasteiger charge is 2.38. The summed E-state index contributed by atoms with van der Waals surface area (Å²) in [7, 11) is 4.06. The van der Waals surface area contributed by atoms with E-state index in [1.807, 2.05) is 19.0 Å². The molecule has 1 saturated heterocycles. The van der Waals surface area contributed by atoms with Crippen molar-refractivity contribution in [2.24, 2.45) is 5.92 Å². The Morgan fingerprint density at radius 1 is 1.50 bits per heavy atom. The predicted octanol–water partition coefficient (Wildman–Crippen LogP) is -0.296. The van der Waals surface area contributed by atoms with E-state index in [0.29, 0.717) is 12.0 Å². The fraction of sp³-hybridized carbons (Fsp3) is 0.909. The fourth-order valence-corrected chi connectivity index (χ4v) is 2.35. The van der Waals surface area contributed by atoms with Crippen molar-refractivity contribution in [3.8, 4) is 0 Å². The van der Waals surface area contributed by atoms with E-state index in [0.717, 1.165) is 13.1 Å². The van der Waals surface area contributed by atoms with Gasteiger partial charge in [-0.1, -0.05) is 6.92 Å². The van der Waals surface area contributed by atoms with Crippen molar-refractivity contribution in [3.05, 3.63) is 0 Å². The van der Waals surface area contributed by atoms with E-state index >= 15 is 0 Å². The van der Waals surface area contributed by atoms with Crippen LogP contribution in [0, 0.1) is 5.92 Å². The molecule has 0 saturated carbocycles. The normalized spacial score (nSPS) is 30.6. The number of carboxylic acid groups (broad SMARTS) is 1. The lowest BCUT2D eigenvalue weighted by Crippen LogP contribution is -2.46. The highest BCUT2D eigenvalue weighted by molar-refractivity contribution is 5.76. The van der Waals surface area contributed by atoms with Gasteiger partial charge < -0.3 is 15.1 Å². The zero-order valence-electron chi connectivity index (χ0n) is 10.5. The van der Waals surface area contributed by atoms with Gasteiger partial charge in [0.05, 0.1) is 0 Å². The van der Waals surface area contributed by atoms with Crippen LogP contribution in [0.3, 0.4) is 0 Å². The summed E-state index contributed by atoms with van der Waals surface area (Å²) in [5.74, 6) is -0.659. The zero-order valence-corrected chi connectivity index (χ0v) is 10.5. The number of hydrogen-bond donors (Lipinski definition) is 2. The van der Waals surface area contributed by atoms with Crippen LogP contribution >= 0.6 is 0 Å². The number of likely N-dealkylation sites (tertiary alicyclic amines) is 1. The molecule has 1 fully saturated rings. The van der Waals surface area contributed by atoms with Crippen molar-refractivity contribution in [1.82, 2.24) is 9.80 Å². The van der Waals surface area contributed by atoms with Gasteiger partial charge in [0.2, 0.25) is 0 Å². The third-order valence-corrected chi connectivity index (χ3v) is 3.30. The second-order valence-electron chi connectivity index (χ2n) is 5.28. The summed E-state index contributed by atoms with van der Waals surface area (Å²) in [5, 5.41) is 18.6. The average molecular weight is 230 g/mol. The van der Waals surface area contributed by atoms with Gasteiger partial charge in [-0.2, -0.15) is 0 Å². The van der Waals surface area contributed by atoms with Crippen molar-refractivity contribution in [1.29, 1.82) is 0 Å². The summed E-state index contributed by atoms with van der Waals surface area (Å²) in [6.07, 6.45) is 0. The fourth-order valence-electron chi connectivity index (χ4n) is 2.35. The number of hydrogen-bond acceptors (Lipinski definition) is 4. The molecule has 1 aliphatic rings. The molecule has 0 amide bonds. The van der Waals surface area contributed by atoms with Gasteiger partial charge in [0.1, 0.15) is 0 Å². The van der Waals surface area contributed by atoms with Crippen LogP contribution in [-0.2, 0) is 4.79 Å². The average Bonchev–Trinajstić information content (AvgIpc) is 2.45. The molecule has 0 aromatic carbocycles. The summed E-state index contributed by atoms with van der Waals surface area (Å²) in [4.78, 5) is 15.0. The number of carbonyl (C=O) groups is 1. The number of aliphatic hydroxyl groups is 1. The minimum atomic E-state index is -1.65. The van der Waals surface area contributed by atoms with Crippen LogP contribution < -0.4 is 0 Å². The van der Waals surface area contributed by atoms with Gasteiger partial charge in [-0.15, -0.1) is 0 Å². The quantitative estimate of drug-likeness (QED) is 0.694. The Kier molecular flexibility index (Phi) is 3.93. The molecule has 0 radical (unpaired) electrons. The lowest BCUT2D eigenvalue weighted by molar-refractivity contribution is -0.158. The molecule has 2 N–H and O–H groups in total. The number of β-amino-alcohol motifs (C(OH)–C–C–N with tert-alkyl or cyclic N) is 1. The highest BCUT2D eigenvalue weighted by Crippen LogP contribution is 2.21. The first-order chi connectivity index (χ1) is 7.24. The molecule has 5 nitrogen and oxygen atoms in total. The molecule has 16 heavy (non-hydrogen) atoms. The van der Waals surface area contributed by atoms with Gasteiger partial charge in [-0.05, 0) is 26.9 Å². The van der Waals surface area contributed by atoms with Crippen molar-refractivity contribution in [2.75, 3.05) is 33.7 Å². The van der Waals surface area contributed by atoms with Crippen LogP contribution in [-0.4, -0.2) is 71.4 Å². The highest BCUT2D eigenvalue weighted by atomic mass is 16.4. The lowest BCUT2D eigenvalue weighted by atomic mass is 10.1. The summed E-state index contributed by atoms with van der Waals surface area (Å²) >= 11 is 0. The molecule has 1 heterocycles. The molecule has 0 spiro atoms. The Bertz CT molecular complexity index is 266. The van der Waals surface area contributed by atoms with Gasteiger partial charge in [0.15, 0.2) is 5.60 Å². The maximum absolute atomic E-state index is 10.8. The molecule has 0 bridgehead atoms. The summed E-state index contributed by atoms with van der Waals surface area (Å²) in [6, 6.07) is 0.435. The Balaban J connectivity index is 2.57. The lowest BCUT2D eigenvalue weighted by Gasteiger charge is -2.26. The SMILES string of the molecule is CC1CN(CC(C)(O)C(=O)O)CC1N(C)C. The molecule has 3 atom stereocenters. The molecule has 0 aromatic heterocycles. The molecular formula is C11H22N2O3. The first-order valence-corrected chi connectivity index (χ1v) is 5.58. The van der Waals surface area contributed by atoms with Crippen molar-refractivity contribution in [3.63, 3.8) is 0 Å². The standard InChI is InChI=1S/C11H22N2O3/c1-8-5-13(6-9(8)12(3)4)7-11(2,16)10(14)15/h8-9,16H,5-7H2,1-4H3,(H,14,15). The maximum Gasteiger partial charge on any atom is 0.336 e. The molecule has 0 aromatic rings. The van der Waals surface area contributed by atoms with Crippen LogP contribution in [0.25, 0.3) is 0 Å². The smallest absolute Gasteiger partial charge is 0.336 e. The van der Waals surface area contributed by atoms with E-state index < -0.39 is 11.6 Å². The van der Waals surface area contributed by atoms with Crippen LogP contribution in [0.5, 0.6) is 0 Å². The maximum atomic E-state index is 10.8. The summed E-state index contributed by atoms with van der Waals surface area (Å²) in [5.41, 5.74) is -1.65. The third-order valence-electron chi connectivity index (χ3n) is 3.30. The van der Waals surface area contributed by atoms with Crippen LogP contribution in [0.1, 0.15) is 13.8 Å². The Hall–Kier alpha value is -0.650. The zero-order chi connectivity index (χ0) is 12.5. The Morgan fingerprint density at radius 2 is 2.06 bits per heavy atom. The van der Waals surface area contributed by atoms with E-state index in [4.69, 9.17) is 5.11 Å². The summed E-state index contributed by atoms with van der Waals surface area (Å²) < 4.78 is 0. The van der Waals surface area contributed by atoms with E-state index in [-0.39, 0.29) is 6.54 Å². The first kappa shape index (κ1) is 13.4. The molecular weight excluding hydrogens is 208 g/mol. The van der Waals surface area contributed by atoms with Crippen LogP contribution in [0.15, 0.2) is 0 Å². The second-order valence-corrected chi connectivity index (χ2v) is 5.28. The van der Waals surface area contributed by atoms with Crippen LogP contribution in [0.4, 0.5) is 0 Å². The van der Waals surface area contributed by atoms with Crippen molar-refractivity contribution < 1.29 is 15.0 Å². The van der Waals surface area contributed by atoms with Gasteiger partial charge in [0.25, 0.3) is 0 Å². The molecule has 0 aliphatic carbocycles. The molecule has 5 heteroatoms. The number of likely N-dealkylation sites (N-methyl/N-ethyl adjacent to an activating group) is 1. The van der Waals surface area contributed by atoms with E-state index in [1.54, 1.807) is 0 Å². The van der Waals surface area contributed by atoms with Gasteiger partial charge in [0, 0.05) is 25.7 Å². The van der Waals surface area contributed by atoms with E-state index in [1.165, 1.54) is 6.92 Å². The monoisotopic (exact) mass is 230 g/mol. The van der Waals surface area contributed by atoms with Crippen molar-refractivity contribution >= 4 is 5.97 Å². The molecule has 94 valence electrons. The topological polar surface area (TPSA) is 64.0 Å². The van der Waals surface area contributed by atoms with E-state index in [9.17, 15) is 9.90 Å². The number of nitrogens with zero attached hydrogens (tertiary/aromatic N) is 2. The van der Waals surface area contributed by atoms with Crippen LogP contribution in [0.2, 0.25) is 0 Å². The largest absolute Gasteiger partial charge is 0.479 e. The first-order valence-electron chi connectivity index (χ1n) is 5.58. The molecule has 1 rings (SSSR count). The molecule has 1 aliphatic heterocycles.